The van der Waals surface area contributed by atoms with Gasteiger partial charge in [-0.1, -0.05) is 25.5 Å². The van der Waals surface area contributed by atoms with Crippen LogP contribution in [0.5, 0.6) is 0 Å². The first-order valence-electron chi connectivity index (χ1n) is 11.1. The molecule has 0 radical (unpaired) electrons. The number of hydrogen-bond acceptors (Lipinski definition) is 7. The summed E-state index contributed by atoms with van der Waals surface area (Å²) in [6, 6.07) is 0. The molecule has 2 N–H and O–H groups in total. The van der Waals surface area contributed by atoms with E-state index in [0.717, 1.165) is 18.4 Å². The molecule has 3 saturated carbocycles. The molecule has 8 atom stereocenters. The number of hydrogen-bond donors (Lipinski definition) is 2. The first kappa shape index (κ1) is 22.2. The summed E-state index contributed by atoms with van der Waals surface area (Å²) in [7, 11) is 1.20. The number of ketones is 1. The van der Waals surface area contributed by atoms with Crippen molar-refractivity contribution in [2.75, 3.05) is 7.11 Å². The number of rotatable bonds is 3. The molecule has 0 aromatic heterocycles. The highest BCUT2D eigenvalue weighted by atomic mass is 16.6. The largest absolute Gasteiger partial charge is 0.466 e. The lowest BCUT2D eigenvalue weighted by atomic mass is 9.46. The van der Waals surface area contributed by atoms with E-state index in [1.165, 1.54) is 14.0 Å². The molecule has 0 aromatic carbocycles. The molecule has 31 heavy (non-hydrogen) atoms. The van der Waals surface area contributed by atoms with Crippen molar-refractivity contribution in [3.8, 4) is 0 Å². The van der Waals surface area contributed by atoms with Gasteiger partial charge in [0.25, 0.3) is 0 Å². The van der Waals surface area contributed by atoms with Gasteiger partial charge in [0, 0.05) is 23.7 Å². The highest BCUT2D eigenvalue weighted by Gasteiger charge is 2.69. The van der Waals surface area contributed by atoms with Gasteiger partial charge >= 0.3 is 11.9 Å². The van der Waals surface area contributed by atoms with Crippen LogP contribution in [0, 0.1) is 28.6 Å². The van der Waals surface area contributed by atoms with Crippen LogP contribution in [0.15, 0.2) is 23.8 Å². The molecule has 0 spiro atoms. The summed E-state index contributed by atoms with van der Waals surface area (Å²) in [5.41, 5.74) is -1.80. The summed E-state index contributed by atoms with van der Waals surface area (Å²) in [6.45, 7) is 5.19. The number of carbonyl (C=O) groups excluding carboxylic acids is 3. The lowest BCUT2D eigenvalue weighted by Crippen LogP contribution is -2.64. The maximum Gasteiger partial charge on any atom is 0.350 e. The Labute approximate surface area is 182 Å². The van der Waals surface area contributed by atoms with Gasteiger partial charge in [-0.05, 0) is 56.1 Å². The Kier molecular flexibility index (Phi) is 5.21. The van der Waals surface area contributed by atoms with Gasteiger partial charge in [-0.3, -0.25) is 9.59 Å². The molecule has 4 aliphatic rings. The number of ether oxygens (including phenoxy) is 2. The highest BCUT2D eigenvalue weighted by molar-refractivity contribution is 6.01. The number of fused-ring (bicyclic) bond motifs is 5. The zero-order valence-corrected chi connectivity index (χ0v) is 18.6. The Bertz CT molecular complexity index is 875. The van der Waals surface area contributed by atoms with E-state index in [1.807, 2.05) is 13.0 Å². The van der Waals surface area contributed by atoms with Gasteiger partial charge in [-0.2, -0.15) is 0 Å². The topological polar surface area (TPSA) is 110 Å². The van der Waals surface area contributed by atoms with Gasteiger partial charge in [-0.25, -0.2) is 4.79 Å². The van der Waals surface area contributed by atoms with Crippen molar-refractivity contribution in [3.05, 3.63) is 23.8 Å². The predicted octanol–water partition coefficient (Wildman–Crippen LogP) is 2.10. The van der Waals surface area contributed by atoms with Crippen molar-refractivity contribution in [2.45, 2.75) is 70.7 Å². The zero-order chi connectivity index (χ0) is 22.8. The van der Waals surface area contributed by atoms with Gasteiger partial charge in [0.1, 0.15) is 5.60 Å². The van der Waals surface area contributed by atoms with E-state index in [2.05, 4.69) is 6.92 Å². The van der Waals surface area contributed by atoms with Crippen LogP contribution in [-0.4, -0.2) is 52.9 Å². The maximum atomic E-state index is 12.5. The zero-order valence-electron chi connectivity index (χ0n) is 18.6. The van der Waals surface area contributed by atoms with Crippen LogP contribution >= 0.6 is 0 Å². The minimum Gasteiger partial charge on any atom is -0.466 e. The quantitative estimate of drug-likeness (QED) is 0.657. The predicted molar refractivity (Wildman–Crippen MR) is 111 cm³/mol. The molecule has 0 aromatic rings. The molecule has 0 unspecified atom stereocenters. The molecule has 0 saturated heterocycles. The number of methoxy groups -OCH3 is 1. The van der Waals surface area contributed by atoms with Gasteiger partial charge in [0.2, 0.25) is 6.10 Å². The molecule has 3 fully saturated rings. The fourth-order valence-corrected chi connectivity index (χ4v) is 7.41. The Morgan fingerprint density at radius 1 is 1.26 bits per heavy atom. The molecule has 0 amide bonds. The summed E-state index contributed by atoms with van der Waals surface area (Å²) in [5, 5.41) is 23.2. The maximum absolute atomic E-state index is 12.5. The molecule has 170 valence electrons. The molecule has 0 aliphatic heterocycles. The fraction of sp³-hybridized carbons (Fsp3) is 0.708. The summed E-state index contributed by atoms with van der Waals surface area (Å²) >= 11 is 0. The molecule has 0 bridgehead atoms. The van der Waals surface area contributed by atoms with Crippen LogP contribution in [0.4, 0.5) is 0 Å². The van der Waals surface area contributed by atoms with Gasteiger partial charge in [0.05, 0.1) is 13.2 Å². The van der Waals surface area contributed by atoms with E-state index in [4.69, 9.17) is 9.47 Å². The lowest BCUT2D eigenvalue weighted by molar-refractivity contribution is -0.218. The number of esters is 2. The third kappa shape index (κ3) is 3.04. The van der Waals surface area contributed by atoms with Crippen LogP contribution in [0.2, 0.25) is 0 Å². The van der Waals surface area contributed by atoms with E-state index >= 15 is 0 Å². The lowest BCUT2D eigenvalue weighted by Gasteiger charge is -2.60. The van der Waals surface area contributed by atoms with E-state index in [0.29, 0.717) is 6.42 Å². The van der Waals surface area contributed by atoms with E-state index in [1.54, 1.807) is 12.2 Å². The number of aliphatic hydroxyl groups excluding tert-OH is 1. The van der Waals surface area contributed by atoms with Gasteiger partial charge < -0.3 is 19.7 Å². The monoisotopic (exact) mass is 432 g/mol. The molecular formula is C24H32O7. The van der Waals surface area contributed by atoms with Crippen molar-refractivity contribution >= 4 is 17.7 Å². The van der Waals surface area contributed by atoms with Crippen molar-refractivity contribution in [1.29, 1.82) is 0 Å². The second-order valence-electron chi connectivity index (χ2n) is 10.2. The molecule has 0 heterocycles. The Hall–Kier alpha value is -1.99. The van der Waals surface area contributed by atoms with Gasteiger partial charge in [-0.15, -0.1) is 0 Å². The van der Waals surface area contributed by atoms with Crippen molar-refractivity contribution in [2.24, 2.45) is 28.6 Å². The number of carbonyl (C=O) groups is 3. The van der Waals surface area contributed by atoms with Crippen molar-refractivity contribution < 1.29 is 34.1 Å². The van der Waals surface area contributed by atoms with Crippen molar-refractivity contribution in [3.63, 3.8) is 0 Å². The SMILES string of the molecule is COC(=O)[C@@H](OC(C)=O)[C@@]1(O)CC[C@H]2[C@@H]3CCC4=CC(=O)C=C[C@]4(C)[C@H]3[C@@H](O)C[C@@]21C. The molecule has 4 rings (SSSR count). The Balaban J connectivity index is 1.73. The molecule has 7 heteroatoms. The first-order chi connectivity index (χ1) is 14.5. The third-order valence-corrected chi connectivity index (χ3v) is 8.84. The highest BCUT2D eigenvalue weighted by Crippen LogP contribution is 2.67. The van der Waals surface area contributed by atoms with E-state index in [-0.39, 0.29) is 36.4 Å². The van der Waals surface area contributed by atoms with Crippen LogP contribution in [0.25, 0.3) is 0 Å². The van der Waals surface area contributed by atoms with Crippen LogP contribution in [-0.2, 0) is 23.9 Å². The summed E-state index contributed by atoms with van der Waals surface area (Å²) in [5.74, 6) is -1.40. The second-order valence-corrected chi connectivity index (χ2v) is 10.2. The normalized spacial score (nSPS) is 44.5. The second kappa shape index (κ2) is 7.27. The van der Waals surface area contributed by atoms with E-state index in [9.17, 15) is 24.6 Å². The molecule has 4 aliphatic carbocycles. The number of allylic oxidation sites excluding steroid dienone is 4. The minimum absolute atomic E-state index is 0.0152. The average molecular weight is 433 g/mol. The van der Waals surface area contributed by atoms with Crippen LogP contribution in [0.3, 0.4) is 0 Å². The molecule has 7 nitrogen and oxygen atoms in total. The standard InChI is InChI=1S/C24H32O7/c1-13(25)31-20(21(28)30-4)24(29)10-8-17-16-6-5-14-11-15(26)7-9-22(14,2)19(16)18(27)12-23(17,24)3/h7,9,11,16-20,27,29H,5-6,8,10,12H2,1-4H3/t16-,17-,18-,19+,20+,22-,23-,24-/m0/s1. The number of aliphatic hydroxyl groups is 2. The third-order valence-electron chi connectivity index (χ3n) is 8.84. The first-order valence-corrected chi connectivity index (χ1v) is 11.1. The summed E-state index contributed by atoms with van der Waals surface area (Å²) in [6.07, 6.45) is 5.83. The van der Waals surface area contributed by atoms with Crippen molar-refractivity contribution in [1.82, 2.24) is 0 Å². The van der Waals surface area contributed by atoms with Crippen LogP contribution in [0.1, 0.15) is 52.9 Å². The Morgan fingerprint density at radius 2 is 1.97 bits per heavy atom. The molecular weight excluding hydrogens is 400 g/mol. The van der Waals surface area contributed by atoms with Crippen LogP contribution < -0.4 is 0 Å². The van der Waals surface area contributed by atoms with Gasteiger partial charge in [0.15, 0.2) is 5.78 Å². The minimum atomic E-state index is -1.63. The Morgan fingerprint density at radius 3 is 2.61 bits per heavy atom. The van der Waals surface area contributed by atoms with E-state index < -0.39 is 40.6 Å². The smallest absolute Gasteiger partial charge is 0.350 e. The average Bonchev–Trinajstić information content (AvgIpc) is 2.97. The summed E-state index contributed by atoms with van der Waals surface area (Å²) < 4.78 is 10.1. The summed E-state index contributed by atoms with van der Waals surface area (Å²) in [4.78, 5) is 36.2. The fourth-order valence-electron chi connectivity index (χ4n) is 7.41.